The number of carbonyl (C=O) groups is 3. The topological polar surface area (TPSA) is 176 Å². The van der Waals surface area contributed by atoms with E-state index in [0.29, 0.717) is 41.3 Å². The van der Waals surface area contributed by atoms with Crippen molar-refractivity contribution in [3.05, 3.63) is 90.0 Å². The first kappa shape index (κ1) is 45.5. The van der Waals surface area contributed by atoms with Crippen LogP contribution in [0.25, 0.3) is 0 Å². The molecule has 0 radical (unpaired) electrons. The van der Waals surface area contributed by atoms with Crippen molar-refractivity contribution in [2.24, 2.45) is 4.99 Å². The highest BCUT2D eigenvalue weighted by atomic mass is 16.6. The maximum absolute atomic E-state index is 14.0. The van der Waals surface area contributed by atoms with Gasteiger partial charge in [0.25, 0.3) is 0 Å². The molecule has 0 aromatic heterocycles. The van der Waals surface area contributed by atoms with Crippen molar-refractivity contribution in [2.45, 2.75) is 98.9 Å². The molecule has 0 aliphatic carbocycles. The van der Waals surface area contributed by atoms with Crippen LogP contribution in [0.1, 0.15) is 93.2 Å². The van der Waals surface area contributed by atoms with Gasteiger partial charge in [0, 0.05) is 24.4 Å². The van der Waals surface area contributed by atoms with Gasteiger partial charge in [-0.1, -0.05) is 18.2 Å². The molecule has 3 N–H and O–H groups in total. The number of guanidine groups is 1. The predicted octanol–water partition coefficient (Wildman–Crippen LogP) is 9.32. The van der Waals surface area contributed by atoms with Crippen molar-refractivity contribution in [1.82, 2.24) is 15.1 Å². The number of rotatable bonds is 13. The Balaban J connectivity index is 1.86. The Morgan fingerprint density at radius 2 is 1.04 bits per heavy atom. The van der Waals surface area contributed by atoms with Crippen LogP contribution in [0, 0.1) is 10.8 Å². The first-order chi connectivity index (χ1) is 26.6. The molecule has 3 aromatic carbocycles. The molecule has 0 atom stereocenters. The van der Waals surface area contributed by atoms with Gasteiger partial charge >= 0.3 is 18.3 Å². The third-order valence-electron chi connectivity index (χ3n) is 7.34. The molecule has 3 amide bonds. The van der Waals surface area contributed by atoms with Crippen molar-refractivity contribution in [3.8, 4) is 11.5 Å². The standard InChI is InChI=1S/C43H58N6O8/c1-30(44)31-18-22-34(23-19-31)53-28-14-26-48(39(51)56-42(5,6)7)37(46-33-16-12-11-13-17-33)49(40(52)57-43(8,9)10)27-15-29-54-35-24-20-32(21-25-35)36(45)47-38(50)55-41(2,3)4/h11-13,16-25,44H,14-15,26-29H2,1-10H3,(H2,45,47,50). The van der Waals surface area contributed by atoms with Gasteiger partial charge in [-0.15, -0.1) is 0 Å². The average molecular weight is 787 g/mol. The molecule has 0 fully saturated rings. The van der Waals surface area contributed by atoms with Crippen molar-refractivity contribution in [2.75, 3.05) is 26.3 Å². The quantitative estimate of drug-likeness (QED) is 0.0665. The number of nitrogens with zero attached hydrogens (tertiary/aromatic N) is 3. The van der Waals surface area contributed by atoms with E-state index in [1.807, 2.05) is 18.2 Å². The van der Waals surface area contributed by atoms with Crippen molar-refractivity contribution in [3.63, 3.8) is 0 Å². The summed E-state index contributed by atoms with van der Waals surface area (Å²) in [7, 11) is 0. The lowest BCUT2D eigenvalue weighted by molar-refractivity contribution is 0.0270. The monoisotopic (exact) mass is 786 g/mol. The average Bonchev–Trinajstić information content (AvgIpc) is 3.09. The molecule has 0 bridgehead atoms. The Morgan fingerprint density at radius 3 is 1.44 bits per heavy atom. The van der Waals surface area contributed by atoms with Gasteiger partial charge in [-0.25, -0.2) is 29.2 Å². The molecule has 308 valence electrons. The summed E-state index contributed by atoms with van der Waals surface area (Å²) in [5, 5.41) is 18.5. The Kier molecular flexibility index (Phi) is 16.2. The van der Waals surface area contributed by atoms with Crippen LogP contribution in [0.5, 0.6) is 11.5 Å². The normalized spacial score (nSPS) is 11.9. The minimum Gasteiger partial charge on any atom is -0.494 e. The number of hydrogen-bond donors (Lipinski definition) is 3. The Bertz CT molecular complexity index is 1840. The van der Waals surface area contributed by atoms with Gasteiger partial charge in [-0.2, -0.15) is 0 Å². The summed E-state index contributed by atoms with van der Waals surface area (Å²) in [6, 6.07) is 22.8. The van der Waals surface area contributed by atoms with Crippen LogP contribution in [0.15, 0.2) is 83.9 Å². The van der Waals surface area contributed by atoms with Gasteiger partial charge in [-0.3, -0.25) is 10.7 Å². The smallest absolute Gasteiger partial charge is 0.417 e. The first-order valence-corrected chi connectivity index (χ1v) is 18.9. The summed E-state index contributed by atoms with van der Waals surface area (Å²) >= 11 is 0. The zero-order valence-electron chi connectivity index (χ0n) is 34.9. The van der Waals surface area contributed by atoms with E-state index in [2.05, 4.69) is 5.32 Å². The van der Waals surface area contributed by atoms with E-state index in [1.165, 1.54) is 9.80 Å². The van der Waals surface area contributed by atoms with Crippen molar-refractivity contribution >= 4 is 41.5 Å². The van der Waals surface area contributed by atoms with Gasteiger partial charge in [0.05, 0.1) is 18.9 Å². The molecule has 0 saturated carbocycles. The number of benzene rings is 3. The van der Waals surface area contributed by atoms with Crippen LogP contribution in [-0.2, 0) is 14.2 Å². The van der Waals surface area contributed by atoms with Crippen LogP contribution in [0.2, 0.25) is 0 Å². The molecule has 0 spiro atoms. The number of para-hydroxylation sites is 1. The van der Waals surface area contributed by atoms with Gasteiger partial charge in [-0.05, 0) is 148 Å². The van der Waals surface area contributed by atoms with E-state index in [1.54, 1.807) is 130 Å². The lowest BCUT2D eigenvalue weighted by Gasteiger charge is -2.34. The fourth-order valence-electron chi connectivity index (χ4n) is 4.89. The first-order valence-electron chi connectivity index (χ1n) is 18.9. The van der Waals surface area contributed by atoms with E-state index in [4.69, 9.17) is 39.5 Å². The molecule has 0 unspecified atom stereocenters. The van der Waals surface area contributed by atoms with Crippen LogP contribution in [0.3, 0.4) is 0 Å². The summed E-state index contributed by atoms with van der Waals surface area (Å²) < 4.78 is 28.9. The Hall–Kier alpha value is -5.92. The van der Waals surface area contributed by atoms with Crippen molar-refractivity contribution < 1.29 is 38.1 Å². The highest BCUT2D eigenvalue weighted by molar-refractivity contribution is 6.04. The summed E-state index contributed by atoms with van der Waals surface area (Å²) in [5.41, 5.74) is -0.241. The third kappa shape index (κ3) is 16.8. The minimum atomic E-state index is -0.867. The predicted molar refractivity (Wildman–Crippen MR) is 221 cm³/mol. The number of carbonyl (C=O) groups excluding carboxylic acids is 3. The molecular formula is C43H58N6O8. The second-order valence-electron chi connectivity index (χ2n) is 16.1. The fraction of sp³-hybridized carbons (Fsp3) is 0.442. The maximum Gasteiger partial charge on any atom is 0.417 e. The molecule has 3 rings (SSSR count). The molecule has 0 heterocycles. The number of nitrogens with one attached hydrogen (secondary N) is 3. The van der Waals surface area contributed by atoms with Crippen LogP contribution in [0.4, 0.5) is 20.1 Å². The number of hydrogen-bond acceptors (Lipinski definition) is 11. The lowest BCUT2D eigenvalue weighted by atomic mass is 10.1. The molecule has 14 nitrogen and oxygen atoms in total. The van der Waals surface area contributed by atoms with Gasteiger partial charge in [0.2, 0.25) is 5.96 Å². The zero-order chi connectivity index (χ0) is 42.4. The second-order valence-corrected chi connectivity index (χ2v) is 16.1. The molecule has 14 heteroatoms. The number of ether oxygens (including phenoxy) is 5. The molecule has 0 aliphatic heterocycles. The fourth-order valence-corrected chi connectivity index (χ4v) is 4.89. The maximum atomic E-state index is 14.0. The summed E-state index contributed by atoms with van der Waals surface area (Å²) in [6.07, 6.45) is -1.49. The number of aliphatic imine (C=N–C) groups is 1. The number of alkyl carbamates (subject to hydrolysis) is 1. The molecule has 0 aliphatic rings. The number of amides is 3. The Labute approximate surface area is 336 Å². The summed E-state index contributed by atoms with van der Waals surface area (Å²) in [5.74, 6) is 1.00. The van der Waals surface area contributed by atoms with Gasteiger partial charge < -0.3 is 29.1 Å². The minimum absolute atomic E-state index is 0.0101. The Morgan fingerprint density at radius 1 is 0.614 bits per heavy atom. The highest BCUT2D eigenvalue weighted by Gasteiger charge is 2.34. The van der Waals surface area contributed by atoms with Crippen LogP contribution >= 0.6 is 0 Å². The molecular weight excluding hydrogens is 729 g/mol. The van der Waals surface area contributed by atoms with Crippen LogP contribution < -0.4 is 14.8 Å². The largest absolute Gasteiger partial charge is 0.494 e. The zero-order valence-corrected chi connectivity index (χ0v) is 34.9. The van der Waals surface area contributed by atoms with Crippen LogP contribution in [-0.4, -0.2) is 88.7 Å². The molecule has 3 aromatic rings. The van der Waals surface area contributed by atoms with Gasteiger partial charge in [0.15, 0.2) is 0 Å². The second kappa shape index (κ2) is 20.3. The van der Waals surface area contributed by atoms with E-state index >= 15 is 0 Å². The summed E-state index contributed by atoms with van der Waals surface area (Å²) in [6.45, 7) is 18.0. The highest BCUT2D eigenvalue weighted by Crippen LogP contribution is 2.21. The van der Waals surface area contributed by atoms with Gasteiger partial charge in [0.1, 0.15) is 34.1 Å². The number of amidine groups is 1. The summed E-state index contributed by atoms with van der Waals surface area (Å²) in [4.78, 5) is 47.6. The van der Waals surface area contributed by atoms with E-state index in [-0.39, 0.29) is 38.1 Å². The van der Waals surface area contributed by atoms with Crippen molar-refractivity contribution in [1.29, 1.82) is 10.8 Å². The van der Waals surface area contributed by atoms with E-state index in [0.717, 1.165) is 5.56 Å². The molecule has 57 heavy (non-hydrogen) atoms. The molecule has 0 saturated heterocycles. The van der Waals surface area contributed by atoms with E-state index < -0.39 is 35.1 Å². The lowest BCUT2D eigenvalue weighted by Crippen LogP contribution is -2.53. The SMILES string of the molecule is CC(=N)c1ccc(OCCCN(C(=O)OC(C)(C)C)C(=Nc2ccccc2)N(CCCOc2ccc(C(=N)NC(=O)OC(C)(C)C)cc2)C(=O)OC(C)(C)C)cc1. The van der Waals surface area contributed by atoms with E-state index in [9.17, 15) is 14.4 Å². The third-order valence-corrected chi connectivity index (χ3v) is 7.34.